The molecule has 0 N–H and O–H groups in total. The summed E-state index contributed by atoms with van der Waals surface area (Å²) in [6.07, 6.45) is 0.912. The second kappa shape index (κ2) is 20.4. The van der Waals surface area contributed by atoms with Crippen molar-refractivity contribution in [1.29, 1.82) is 0 Å². The van der Waals surface area contributed by atoms with Gasteiger partial charge in [0.05, 0.1) is 0 Å². The molecule has 0 saturated carbocycles. The summed E-state index contributed by atoms with van der Waals surface area (Å²) in [4.78, 5) is 57.1. The van der Waals surface area contributed by atoms with Gasteiger partial charge in [-0.05, 0) is 60.8 Å². The maximum Gasteiger partial charge on any atom is 0.261 e. The molecule has 0 unspecified atom stereocenters. The van der Waals surface area contributed by atoms with Crippen LogP contribution in [0.1, 0.15) is 103 Å². The Hall–Kier alpha value is -4.01. The molecular weight excluding hydrogens is 619 g/mol. The number of hydrogen-bond donors (Lipinski definition) is 0. The normalized spacial score (nSPS) is 12.8. The zero-order valence-electron chi connectivity index (χ0n) is 30.3. The Balaban J connectivity index is 0.000000933. The highest BCUT2D eigenvalue weighted by atomic mass is 32.2. The van der Waals surface area contributed by atoms with E-state index in [1.807, 2.05) is 111 Å². The number of imide groups is 2. The molecule has 2 aliphatic heterocycles. The van der Waals surface area contributed by atoms with Crippen LogP contribution in [-0.4, -0.2) is 83.1 Å². The largest absolute Gasteiger partial charge is 0.305 e. The zero-order valence-corrected chi connectivity index (χ0v) is 31.1. The number of carbonyl (C=O) groups excluding carboxylic acids is 4. The van der Waals surface area contributed by atoms with Crippen molar-refractivity contribution < 1.29 is 19.2 Å². The molecule has 4 aromatic carbocycles. The fourth-order valence-corrected chi connectivity index (χ4v) is 6.49. The van der Waals surface area contributed by atoms with E-state index in [4.69, 9.17) is 0 Å². The second-order valence-corrected chi connectivity index (χ2v) is 11.4. The van der Waals surface area contributed by atoms with Crippen LogP contribution in [0.5, 0.6) is 0 Å². The third-order valence-electron chi connectivity index (χ3n) is 7.70. The summed E-state index contributed by atoms with van der Waals surface area (Å²) in [6, 6.07) is 22.3. The van der Waals surface area contributed by atoms with Gasteiger partial charge in [-0.3, -0.25) is 29.0 Å². The Labute approximate surface area is 291 Å². The lowest BCUT2D eigenvalue weighted by atomic mass is 9.94. The molecule has 0 aliphatic carbocycles. The first-order valence-corrected chi connectivity index (χ1v) is 18.6. The predicted octanol–water partition coefficient (Wildman–Crippen LogP) is 9.05. The summed E-state index contributed by atoms with van der Waals surface area (Å²) in [5.41, 5.74) is 2.34. The average Bonchev–Trinajstić information content (AvgIpc) is 3.15. The Bertz CT molecular complexity index is 1580. The molecule has 6 rings (SSSR count). The van der Waals surface area contributed by atoms with Crippen molar-refractivity contribution in [3.8, 4) is 0 Å². The third-order valence-corrected chi connectivity index (χ3v) is 8.75. The van der Waals surface area contributed by atoms with Gasteiger partial charge in [0.2, 0.25) is 0 Å². The van der Waals surface area contributed by atoms with Crippen LogP contribution in [0.4, 0.5) is 0 Å². The predicted molar refractivity (Wildman–Crippen MR) is 203 cm³/mol. The molecule has 0 saturated heterocycles. The summed E-state index contributed by atoms with van der Waals surface area (Å²) in [5, 5.41) is 3.31. The van der Waals surface area contributed by atoms with Gasteiger partial charge in [-0.25, -0.2) is 0 Å². The first-order chi connectivity index (χ1) is 23.5. The van der Waals surface area contributed by atoms with Crippen molar-refractivity contribution in [3.63, 3.8) is 0 Å². The molecule has 258 valence electrons. The monoisotopic (exact) mass is 671 g/mol. The number of nitrogens with zero attached hydrogens (tertiary/aromatic N) is 3. The van der Waals surface area contributed by atoms with Crippen LogP contribution in [0, 0.1) is 0 Å². The van der Waals surface area contributed by atoms with Crippen molar-refractivity contribution in [3.05, 3.63) is 95.1 Å². The number of rotatable bonds is 10. The van der Waals surface area contributed by atoms with Gasteiger partial charge in [0.15, 0.2) is 0 Å². The number of amides is 4. The van der Waals surface area contributed by atoms with Crippen molar-refractivity contribution in [1.82, 2.24) is 14.7 Å². The van der Waals surface area contributed by atoms with Crippen LogP contribution in [0.15, 0.2) is 72.8 Å². The minimum atomic E-state index is -0.237. The zero-order chi connectivity index (χ0) is 35.8. The van der Waals surface area contributed by atoms with Gasteiger partial charge in [0.25, 0.3) is 23.6 Å². The molecule has 2 heterocycles. The molecule has 4 aromatic rings. The molecule has 0 aromatic heterocycles. The van der Waals surface area contributed by atoms with E-state index in [0.717, 1.165) is 40.3 Å². The van der Waals surface area contributed by atoms with E-state index in [-0.39, 0.29) is 23.6 Å². The Morgan fingerprint density at radius 3 is 1.23 bits per heavy atom. The summed E-state index contributed by atoms with van der Waals surface area (Å²) in [6.45, 7) is 18.1. The molecule has 0 fully saturated rings. The lowest BCUT2D eigenvalue weighted by Gasteiger charge is -2.29. The first-order valence-electron chi connectivity index (χ1n) is 17.5. The minimum absolute atomic E-state index is 0.227. The molecule has 2 aliphatic rings. The third kappa shape index (κ3) is 8.71. The maximum atomic E-state index is 13.1. The quantitative estimate of drug-likeness (QED) is 0.124. The van der Waals surface area contributed by atoms with Gasteiger partial charge in [-0.2, -0.15) is 11.8 Å². The fourth-order valence-electron chi connectivity index (χ4n) is 5.64. The number of thioether (sulfide) groups is 1. The SMILES string of the molecule is CC.CC.CC.CC.CN(CCCSCCN1C(=O)c2cccc3cccc(c23)C1=O)CCN1C(=O)c2cccc3cccc(c23)C1=O. The first kappa shape index (κ1) is 40.2. The molecule has 8 heteroatoms. The fraction of sp³-hybridized carbons (Fsp3) is 0.400. The van der Waals surface area contributed by atoms with Crippen LogP contribution < -0.4 is 0 Å². The lowest BCUT2D eigenvalue weighted by Crippen LogP contribution is -2.44. The van der Waals surface area contributed by atoms with Gasteiger partial charge in [-0.1, -0.05) is 104 Å². The molecule has 0 bridgehead atoms. The van der Waals surface area contributed by atoms with E-state index in [9.17, 15) is 19.2 Å². The smallest absolute Gasteiger partial charge is 0.261 e. The van der Waals surface area contributed by atoms with E-state index in [1.54, 1.807) is 36.0 Å². The van der Waals surface area contributed by atoms with Crippen molar-refractivity contribution in [2.45, 2.75) is 61.8 Å². The van der Waals surface area contributed by atoms with Crippen LogP contribution in [0.3, 0.4) is 0 Å². The summed E-state index contributed by atoms with van der Waals surface area (Å²) in [7, 11) is 1.99. The maximum absolute atomic E-state index is 13.1. The summed E-state index contributed by atoms with van der Waals surface area (Å²) >= 11 is 1.71. The molecule has 0 atom stereocenters. The van der Waals surface area contributed by atoms with Crippen LogP contribution >= 0.6 is 11.8 Å². The van der Waals surface area contributed by atoms with E-state index >= 15 is 0 Å². The Kier molecular flexibility index (Phi) is 17.1. The van der Waals surface area contributed by atoms with Gasteiger partial charge >= 0.3 is 0 Å². The highest BCUT2D eigenvalue weighted by molar-refractivity contribution is 7.99. The van der Waals surface area contributed by atoms with Gasteiger partial charge in [0.1, 0.15) is 0 Å². The van der Waals surface area contributed by atoms with E-state index < -0.39 is 0 Å². The van der Waals surface area contributed by atoms with Crippen LogP contribution in [0.2, 0.25) is 0 Å². The van der Waals surface area contributed by atoms with E-state index in [1.165, 1.54) is 9.80 Å². The van der Waals surface area contributed by atoms with Gasteiger partial charge in [0, 0.05) is 58.4 Å². The van der Waals surface area contributed by atoms with Gasteiger partial charge in [-0.15, -0.1) is 0 Å². The minimum Gasteiger partial charge on any atom is -0.305 e. The standard InChI is InChI=1S/C32H29N3O4S.4C2H6/c1-33(16-17-34-29(36)23-11-2-7-21-8-3-12-24(27(21)23)30(34)37)15-6-19-40-20-18-35-31(38)25-13-4-9-22-10-5-14-26(28(22)25)32(35)39;4*1-2/h2-5,7-14H,6,15-20H2,1H3;4*1-2H3. The number of carbonyl (C=O) groups is 4. The van der Waals surface area contributed by atoms with Crippen molar-refractivity contribution >= 4 is 56.9 Å². The van der Waals surface area contributed by atoms with Crippen molar-refractivity contribution in [2.75, 3.05) is 44.7 Å². The highest BCUT2D eigenvalue weighted by Gasteiger charge is 2.33. The molecule has 0 spiro atoms. The molecule has 0 radical (unpaired) electrons. The van der Waals surface area contributed by atoms with E-state index in [2.05, 4.69) is 4.90 Å². The number of benzene rings is 4. The molecule has 4 amide bonds. The topological polar surface area (TPSA) is 78.0 Å². The second-order valence-electron chi connectivity index (χ2n) is 10.2. The molecular formula is C40H53N3O4S. The van der Waals surface area contributed by atoms with E-state index in [0.29, 0.717) is 47.6 Å². The number of hydrogen-bond acceptors (Lipinski definition) is 6. The number of likely N-dealkylation sites (N-methyl/N-ethyl adjacent to an activating group) is 1. The summed E-state index contributed by atoms with van der Waals surface area (Å²) < 4.78 is 0. The molecule has 7 nitrogen and oxygen atoms in total. The lowest BCUT2D eigenvalue weighted by molar-refractivity contribution is 0.0590. The van der Waals surface area contributed by atoms with Gasteiger partial charge < -0.3 is 4.90 Å². The van der Waals surface area contributed by atoms with Crippen LogP contribution in [0.25, 0.3) is 21.5 Å². The Morgan fingerprint density at radius 1 is 0.500 bits per heavy atom. The molecule has 48 heavy (non-hydrogen) atoms. The van der Waals surface area contributed by atoms with Crippen molar-refractivity contribution in [2.24, 2.45) is 0 Å². The highest BCUT2D eigenvalue weighted by Crippen LogP contribution is 2.31. The van der Waals surface area contributed by atoms with Crippen LogP contribution in [-0.2, 0) is 0 Å². The summed E-state index contributed by atoms with van der Waals surface area (Å²) in [5.74, 6) is 0.619. The Morgan fingerprint density at radius 2 is 0.854 bits per heavy atom. The average molecular weight is 672 g/mol.